The molecule has 0 aliphatic carbocycles. The maximum Gasteiger partial charge on any atom is 0.0431 e. The van der Waals surface area contributed by atoms with Gasteiger partial charge in [-0.05, 0) is 19.3 Å². The van der Waals surface area contributed by atoms with Crippen LogP contribution in [-0.2, 0) is 10.8 Å². The lowest BCUT2D eigenvalue weighted by atomic mass is 10.2. The maximum absolute atomic E-state index is 11.1. The summed E-state index contributed by atoms with van der Waals surface area (Å²) in [4.78, 5) is 0. The molecule has 0 rings (SSSR count). The van der Waals surface area contributed by atoms with Crippen LogP contribution in [0.4, 0.5) is 0 Å². The van der Waals surface area contributed by atoms with Crippen LogP contribution < -0.4 is 0 Å². The molecule has 0 aromatic heterocycles. The Hall–Kier alpha value is 0.110. The van der Waals surface area contributed by atoms with Gasteiger partial charge in [0, 0.05) is 28.9 Å². The van der Waals surface area contributed by atoms with Crippen molar-refractivity contribution in [2.24, 2.45) is 0 Å². The van der Waals surface area contributed by atoms with Crippen LogP contribution in [-0.4, -0.2) is 27.4 Å². The fraction of sp³-hybridized carbons (Fsp3) is 1.00. The van der Waals surface area contributed by atoms with Crippen LogP contribution in [0.1, 0.15) is 39.0 Å². The normalized spacial score (nSPS) is 13.2. The minimum Gasteiger partial charge on any atom is -0.396 e. The van der Waals surface area contributed by atoms with E-state index in [4.69, 9.17) is 5.11 Å². The van der Waals surface area contributed by atoms with E-state index >= 15 is 0 Å². The molecule has 0 spiro atoms. The molecule has 0 aliphatic heterocycles. The van der Waals surface area contributed by atoms with Crippen LogP contribution in [0, 0.1) is 0 Å². The summed E-state index contributed by atoms with van der Waals surface area (Å²) < 4.78 is 11.1. The Bertz CT molecular complexity index is 115. The van der Waals surface area contributed by atoms with Crippen LogP contribution >= 0.6 is 0 Å². The van der Waals surface area contributed by atoms with Crippen molar-refractivity contribution in [3.8, 4) is 0 Å². The fourth-order valence-corrected chi connectivity index (χ4v) is 2.24. The van der Waals surface area contributed by atoms with Crippen molar-refractivity contribution in [1.82, 2.24) is 0 Å². The molecule has 12 heavy (non-hydrogen) atoms. The van der Waals surface area contributed by atoms with E-state index in [1.807, 2.05) is 0 Å². The van der Waals surface area contributed by atoms with E-state index in [-0.39, 0.29) is 6.61 Å². The van der Waals surface area contributed by atoms with Gasteiger partial charge in [0.15, 0.2) is 0 Å². The van der Waals surface area contributed by atoms with Crippen LogP contribution in [0.2, 0.25) is 0 Å². The molecular weight excluding hydrogens is 172 g/mol. The molecular formula is C9H20O2S. The topological polar surface area (TPSA) is 37.3 Å². The molecule has 0 bridgehead atoms. The van der Waals surface area contributed by atoms with Crippen molar-refractivity contribution in [3.05, 3.63) is 0 Å². The molecule has 2 nitrogen and oxygen atoms in total. The molecule has 74 valence electrons. The van der Waals surface area contributed by atoms with Crippen LogP contribution in [0.25, 0.3) is 0 Å². The highest BCUT2D eigenvalue weighted by Crippen LogP contribution is 2.01. The third-order valence-electron chi connectivity index (χ3n) is 1.71. The third kappa shape index (κ3) is 8.21. The van der Waals surface area contributed by atoms with Gasteiger partial charge in [0.1, 0.15) is 0 Å². The largest absolute Gasteiger partial charge is 0.396 e. The average molecular weight is 192 g/mol. The minimum atomic E-state index is -0.588. The Labute approximate surface area is 77.8 Å². The molecule has 0 amide bonds. The van der Waals surface area contributed by atoms with Gasteiger partial charge in [-0.2, -0.15) is 0 Å². The number of hydrogen-bond acceptors (Lipinski definition) is 2. The summed E-state index contributed by atoms with van der Waals surface area (Å²) in [6, 6.07) is 0. The number of unbranched alkanes of at least 4 members (excludes halogenated alkanes) is 3. The SMILES string of the molecule is CCCS(=O)CCCCCCO. The number of aliphatic hydroxyl groups excluding tert-OH is 1. The molecule has 1 atom stereocenters. The minimum absolute atomic E-state index is 0.290. The predicted molar refractivity (Wildman–Crippen MR) is 53.7 cm³/mol. The molecule has 0 fully saturated rings. The van der Waals surface area contributed by atoms with E-state index in [9.17, 15) is 4.21 Å². The highest BCUT2D eigenvalue weighted by molar-refractivity contribution is 7.84. The molecule has 1 N–H and O–H groups in total. The Morgan fingerprint density at radius 1 is 1.08 bits per heavy atom. The Morgan fingerprint density at radius 3 is 2.33 bits per heavy atom. The average Bonchev–Trinajstić information content (AvgIpc) is 2.05. The lowest BCUT2D eigenvalue weighted by Gasteiger charge is -1.99. The van der Waals surface area contributed by atoms with Gasteiger partial charge in [-0.15, -0.1) is 0 Å². The second-order valence-corrected chi connectivity index (χ2v) is 4.68. The van der Waals surface area contributed by atoms with E-state index in [0.29, 0.717) is 0 Å². The van der Waals surface area contributed by atoms with Gasteiger partial charge in [0.25, 0.3) is 0 Å². The van der Waals surface area contributed by atoms with E-state index in [2.05, 4.69) is 6.92 Å². The summed E-state index contributed by atoms with van der Waals surface area (Å²) in [6.45, 7) is 2.35. The predicted octanol–water partition coefficient (Wildman–Crippen LogP) is 1.70. The molecule has 0 saturated carbocycles. The summed E-state index contributed by atoms with van der Waals surface area (Å²) in [5, 5.41) is 8.50. The van der Waals surface area contributed by atoms with Crippen molar-refractivity contribution in [1.29, 1.82) is 0 Å². The summed E-state index contributed by atoms with van der Waals surface area (Å²) in [5.74, 6) is 1.69. The van der Waals surface area contributed by atoms with Gasteiger partial charge in [-0.3, -0.25) is 4.21 Å². The number of aliphatic hydroxyl groups is 1. The fourth-order valence-electron chi connectivity index (χ4n) is 1.06. The highest BCUT2D eigenvalue weighted by Gasteiger charge is 1.96. The van der Waals surface area contributed by atoms with Gasteiger partial charge >= 0.3 is 0 Å². The molecule has 0 radical (unpaired) electrons. The third-order valence-corrected chi connectivity index (χ3v) is 3.32. The van der Waals surface area contributed by atoms with Crippen molar-refractivity contribution < 1.29 is 9.32 Å². The van der Waals surface area contributed by atoms with Gasteiger partial charge in [0.05, 0.1) is 0 Å². The Morgan fingerprint density at radius 2 is 1.75 bits per heavy atom. The number of rotatable bonds is 8. The lowest BCUT2D eigenvalue weighted by Crippen LogP contribution is -2.01. The first kappa shape index (κ1) is 12.1. The van der Waals surface area contributed by atoms with Crippen molar-refractivity contribution in [2.45, 2.75) is 39.0 Å². The van der Waals surface area contributed by atoms with Gasteiger partial charge in [-0.1, -0.05) is 19.8 Å². The summed E-state index contributed by atoms with van der Waals surface area (Å²) in [5.41, 5.74) is 0. The van der Waals surface area contributed by atoms with E-state index in [1.165, 1.54) is 0 Å². The van der Waals surface area contributed by atoms with E-state index in [1.54, 1.807) is 0 Å². The lowest BCUT2D eigenvalue weighted by molar-refractivity contribution is 0.283. The summed E-state index contributed by atoms with van der Waals surface area (Å²) in [7, 11) is -0.588. The standard InChI is InChI=1S/C9H20O2S/c1-2-8-12(11)9-6-4-3-5-7-10/h10H,2-9H2,1H3. The molecule has 0 aromatic rings. The molecule has 0 heterocycles. The first-order valence-electron chi connectivity index (χ1n) is 4.77. The first-order valence-corrected chi connectivity index (χ1v) is 6.26. The van der Waals surface area contributed by atoms with Gasteiger partial charge in [-0.25, -0.2) is 0 Å². The summed E-state index contributed by atoms with van der Waals surface area (Å²) in [6.07, 6.45) is 5.13. The zero-order chi connectivity index (χ0) is 9.23. The second-order valence-electron chi connectivity index (χ2n) is 2.99. The summed E-state index contributed by atoms with van der Waals surface area (Å²) >= 11 is 0. The molecule has 0 aliphatic rings. The van der Waals surface area contributed by atoms with Crippen molar-refractivity contribution in [2.75, 3.05) is 18.1 Å². The quantitative estimate of drug-likeness (QED) is 0.594. The van der Waals surface area contributed by atoms with Crippen LogP contribution in [0.15, 0.2) is 0 Å². The molecule has 3 heteroatoms. The molecule has 1 unspecified atom stereocenters. The highest BCUT2D eigenvalue weighted by atomic mass is 32.2. The van der Waals surface area contributed by atoms with Crippen molar-refractivity contribution >= 4 is 10.8 Å². The van der Waals surface area contributed by atoms with Crippen LogP contribution in [0.3, 0.4) is 0 Å². The smallest absolute Gasteiger partial charge is 0.0431 e. The van der Waals surface area contributed by atoms with E-state index < -0.39 is 10.8 Å². The van der Waals surface area contributed by atoms with Gasteiger partial charge < -0.3 is 5.11 Å². The monoisotopic (exact) mass is 192 g/mol. The zero-order valence-electron chi connectivity index (χ0n) is 7.92. The molecule has 0 saturated heterocycles. The van der Waals surface area contributed by atoms with E-state index in [0.717, 1.165) is 43.6 Å². The van der Waals surface area contributed by atoms with Crippen LogP contribution in [0.5, 0.6) is 0 Å². The number of hydrogen-bond donors (Lipinski definition) is 1. The maximum atomic E-state index is 11.1. The second kappa shape index (κ2) is 9.20. The zero-order valence-corrected chi connectivity index (χ0v) is 8.74. The first-order chi connectivity index (χ1) is 5.81. The van der Waals surface area contributed by atoms with Gasteiger partial charge in [0.2, 0.25) is 0 Å². The Balaban J connectivity index is 3.03. The Kier molecular flexibility index (Phi) is 9.28. The van der Waals surface area contributed by atoms with Crippen molar-refractivity contribution in [3.63, 3.8) is 0 Å². The molecule has 0 aromatic carbocycles.